The summed E-state index contributed by atoms with van der Waals surface area (Å²) in [7, 11) is 6.24. The summed E-state index contributed by atoms with van der Waals surface area (Å²) in [5.41, 5.74) is -1.66. The number of nitrogens with one attached hydrogen (secondary N) is 2. The van der Waals surface area contributed by atoms with Gasteiger partial charge in [0.2, 0.25) is 5.91 Å². The van der Waals surface area contributed by atoms with E-state index in [2.05, 4.69) is 15.6 Å². The second kappa shape index (κ2) is 8.36. The summed E-state index contributed by atoms with van der Waals surface area (Å²) in [6, 6.07) is 5.81. The molecule has 0 bridgehead atoms. The normalized spacial score (nSPS) is 11.5. The van der Waals surface area contributed by atoms with Crippen LogP contribution in [0.3, 0.4) is 0 Å². The van der Waals surface area contributed by atoms with Gasteiger partial charge in [-0.15, -0.1) is 0 Å². The fraction of sp³-hybridized carbons (Fsp3) is 0.300. The van der Waals surface area contributed by atoms with Gasteiger partial charge in [0.05, 0.1) is 17.8 Å². The molecular weight excluding hydrogens is 429 g/mol. The minimum Gasteiger partial charge on any atom is -0.375 e. The van der Waals surface area contributed by atoms with Gasteiger partial charge in [-0.2, -0.15) is 13.2 Å². The molecule has 170 valence electrons. The van der Waals surface area contributed by atoms with Gasteiger partial charge in [-0.25, -0.2) is 9.78 Å². The van der Waals surface area contributed by atoms with E-state index in [4.69, 9.17) is 0 Å². The fourth-order valence-corrected chi connectivity index (χ4v) is 3.06. The molecule has 0 radical (unpaired) electrons. The van der Waals surface area contributed by atoms with Crippen LogP contribution < -0.4 is 26.8 Å². The summed E-state index contributed by atoms with van der Waals surface area (Å²) in [6.07, 6.45) is -4.53. The first-order chi connectivity index (χ1) is 14.9. The third-order valence-corrected chi connectivity index (χ3v) is 4.77. The smallest absolute Gasteiger partial charge is 0.375 e. The number of benzene rings is 1. The van der Waals surface area contributed by atoms with Crippen molar-refractivity contribution in [3.8, 4) is 0 Å². The molecule has 0 aliphatic heterocycles. The minimum absolute atomic E-state index is 0.0153. The average Bonchev–Trinajstić information content (AvgIpc) is 2.73. The Morgan fingerprint density at radius 1 is 1.12 bits per heavy atom. The molecule has 0 aliphatic rings. The predicted molar refractivity (Wildman–Crippen MR) is 115 cm³/mol. The van der Waals surface area contributed by atoms with Gasteiger partial charge in [-0.1, -0.05) is 6.07 Å². The molecule has 0 aliphatic carbocycles. The Hall–Kier alpha value is -3.83. The molecule has 2 N–H and O–H groups in total. The maximum atomic E-state index is 12.9. The lowest BCUT2D eigenvalue weighted by atomic mass is 10.2. The Balaban J connectivity index is 1.93. The molecule has 2 aromatic heterocycles. The fourth-order valence-electron chi connectivity index (χ4n) is 3.06. The molecule has 0 saturated heterocycles. The lowest BCUT2D eigenvalue weighted by Crippen LogP contribution is -2.38. The van der Waals surface area contributed by atoms with Gasteiger partial charge in [0.15, 0.2) is 5.65 Å². The minimum atomic E-state index is -4.53. The number of carbonyl (C=O) groups is 1. The molecule has 32 heavy (non-hydrogen) atoms. The van der Waals surface area contributed by atoms with Crippen molar-refractivity contribution in [3.63, 3.8) is 0 Å². The summed E-state index contributed by atoms with van der Waals surface area (Å²) in [6.45, 7) is -0.339. The molecule has 0 fully saturated rings. The van der Waals surface area contributed by atoms with E-state index in [0.29, 0.717) is 5.82 Å². The lowest BCUT2D eigenvalue weighted by Gasteiger charge is -2.17. The van der Waals surface area contributed by atoms with Crippen molar-refractivity contribution >= 4 is 34.1 Å². The zero-order valence-electron chi connectivity index (χ0n) is 17.7. The van der Waals surface area contributed by atoms with E-state index < -0.39 is 28.9 Å². The predicted octanol–water partition coefficient (Wildman–Crippen LogP) is 1.77. The number of halogens is 3. The van der Waals surface area contributed by atoms with E-state index in [-0.39, 0.29) is 29.0 Å². The highest BCUT2D eigenvalue weighted by Crippen LogP contribution is 2.30. The number of alkyl halides is 3. The SMILES string of the molecule is CN(C)c1cc(NCC(=O)Nc2cccc(C(F)(F)F)c2)c2c(=O)n(C)c(=O)n(C)c2n1. The standard InChI is InChI=1S/C20H21F3N6O3/c1-27(2)14-9-13(16-17(26-14)28(3)19(32)29(4)18(16)31)24-10-15(30)25-12-7-5-6-11(8-12)20(21,22)23/h5-9H,10H2,1-4H3,(H,24,26)(H,25,30). The number of anilines is 3. The number of fused-ring (bicyclic) bond motifs is 1. The third-order valence-electron chi connectivity index (χ3n) is 4.77. The quantitative estimate of drug-likeness (QED) is 0.615. The molecule has 0 spiro atoms. The first-order valence-electron chi connectivity index (χ1n) is 9.39. The average molecular weight is 450 g/mol. The number of rotatable bonds is 5. The molecule has 1 aromatic carbocycles. The molecular formula is C20H21F3N6O3. The second-order valence-corrected chi connectivity index (χ2v) is 7.31. The van der Waals surface area contributed by atoms with Gasteiger partial charge >= 0.3 is 11.9 Å². The molecule has 0 unspecified atom stereocenters. The van der Waals surface area contributed by atoms with Crippen molar-refractivity contribution < 1.29 is 18.0 Å². The number of amides is 1. The summed E-state index contributed by atoms with van der Waals surface area (Å²) in [5.74, 6) is -0.191. The van der Waals surface area contributed by atoms with Crippen LogP contribution in [-0.4, -0.2) is 40.7 Å². The largest absolute Gasteiger partial charge is 0.416 e. The number of carbonyl (C=O) groups excluding carboxylic acids is 1. The number of hydrogen-bond donors (Lipinski definition) is 2. The van der Waals surface area contributed by atoms with Crippen LogP contribution in [0.5, 0.6) is 0 Å². The lowest BCUT2D eigenvalue weighted by molar-refractivity contribution is -0.137. The van der Waals surface area contributed by atoms with Crippen LogP contribution in [0.2, 0.25) is 0 Å². The van der Waals surface area contributed by atoms with Crippen LogP contribution in [0.15, 0.2) is 39.9 Å². The van der Waals surface area contributed by atoms with Gasteiger partial charge in [0.1, 0.15) is 11.2 Å². The van der Waals surface area contributed by atoms with Crippen LogP contribution in [0.1, 0.15) is 5.56 Å². The van der Waals surface area contributed by atoms with Crippen LogP contribution >= 0.6 is 0 Å². The van der Waals surface area contributed by atoms with Crippen LogP contribution in [0.4, 0.5) is 30.4 Å². The van der Waals surface area contributed by atoms with E-state index in [9.17, 15) is 27.6 Å². The van der Waals surface area contributed by atoms with E-state index >= 15 is 0 Å². The molecule has 3 aromatic rings. The van der Waals surface area contributed by atoms with Crippen LogP contribution in [0.25, 0.3) is 11.0 Å². The maximum Gasteiger partial charge on any atom is 0.416 e. The zero-order chi connectivity index (χ0) is 23.8. The van der Waals surface area contributed by atoms with Gasteiger partial charge in [-0.3, -0.25) is 18.7 Å². The van der Waals surface area contributed by atoms with Crippen molar-refractivity contribution in [2.45, 2.75) is 6.18 Å². The van der Waals surface area contributed by atoms with Crippen molar-refractivity contribution in [2.75, 3.05) is 36.2 Å². The van der Waals surface area contributed by atoms with Gasteiger partial charge in [-0.05, 0) is 18.2 Å². The van der Waals surface area contributed by atoms with Gasteiger partial charge in [0.25, 0.3) is 5.56 Å². The molecule has 3 rings (SSSR count). The number of nitrogens with zero attached hydrogens (tertiary/aromatic N) is 4. The first-order valence-corrected chi connectivity index (χ1v) is 9.39. The van der Waals surface area contributed by atoms with Crippen molar-refractivity contribution in [1.29, 1.82) is 0 Å². The highest BCUT2D eigenvalue weighted by atomic mass is 19.4. The summed E-state index contributed by atoms with van der Waals surface area (Å²) in [5, 5.41) is 5.33. The van der Waals surface area contributed by atoms with Crippen LogP contribution in [0, 0.1) is 0 Å². The number of aryl methyl sites for hydroxylation is 1. The van der Waals surface area contributed by atoms with Crippen molar-refractivity contribution in [2.24, 2.45) is 14.1 Å². The van der Waals surface area contributed by atoms with Crippen molar-refractivity contribution in [3.05, 3.63) is 56.7 Å². The Morgan fingerprint density at radius 3 is 2.44 bits per heavy atom. The van der Waals surface area contributed by atoms with E-state index in [1.165, 1.54) is 30.8 Å². The number of aromatic nitrogens is 3. The van der Waals surface area contributed by atoms with Gasteiger partial charge < -0.3 is 15.5 Å². The monoisotopic (exact) mass is 450 g/mol. The molecule has 1 amide bonds. The number of hydrogen-bond acceptors (Lipinski definition) is 6. The zero-order valence-corrected chi connectivity index (χ0v) is 17.7. The Bertz CT molecular complexity index is 1310. The third kappa shape index (κ3) is 4.43. The molecule has 0 saturated carbocycles. The topological polar surface area (TPSA) is 101 Å². The number of pyridine rings is 1. The molecule has 9 nitrogen and oxygen atoms in total. The molecule has 0 atom stereocenters. The van der Waals surface area contributed by atoms with Gasteiger partial charge in [0, 0.05) is 39.9 Å². The Labute approximate surface area is 180 Å². The highest BCUT2D eigenvalue weighted by Gasteiger charge is 2.30. The molecule has 2 heterocycles. The highest BCUT2D eigenvalue weighted by molar-refractivity contribution is 5.96. The van der Waals surface area contributed by atoms with E-state index in [1.54, 1.807) is 25.1 Å². The Kier molecular flexibility index (Phi) is 5.97. The van der Waals surface area contributed by atoms with Crippen molar-refractivity contribution in [1.82, 2.24) is 14.1 Å². The van der Waals surface area contributed by atoms with E-state index in [0.717, 1.165) is 16.7 Å². The second-order valence-electron chi connectivity index (χ2n) is 7.31. The molecule has 12 heteroatoms. The summed E-state index contributed by atoms with van der Waals surface area (Å²) in [4.78, 5) is 43.4. The Morgan fingerprint density at radius 2 is 1.81 bits per heavy atom. The summed E-state index contributed by atoms with van der Waals surface area (Å²) < 4.78 is 40.7. The van der Waals surface area contributed by atoms with E-state index in [1.807, 2.05) is 0 Å². The summed E-state index contributed by atoms with van der Waals surface area (Å²) >= 11 is 0. The van der Waals surface area contributed by atoms with Crippen LogP contribution in [-0.2, 0) is 25.1 Å². The first kappa shape index (κ1) is 22.8. The maximum absolute atomic E-state index is 12.9.